The van der Waals surface area contributed by atoms with E-state index in [1.807, 2.05) is 20.8 Å². The maximum atomic E-state index is 12.3. The van der Waals surface area contributed by atoms with Gasteiger partial charge in [0.2, 0.25) is 0 Å². The van der Waals surface area contributed by atoms with Crippen LogP contribution in [0.25, 0.3) is 11.0 Å². The molecular weight excluding hydrogens is 314 g/mol. The van der Waals surface area contributed by atoms with Crippen molar-refractivity contribution in [1.29, 1.82) is 0 Å². The van der Waals surface area contributed by atoms with Gasteiger partial charge in [-0.3, -0.25) is 19.0 Å². The number of carboxylic acids is 1. The summed E-state index contributed by atoms with van der Waals surface area (Å²) >= 11 is 0. The van der Waals surface area contributed by atoms with Crippen LogP contribution in [0.2, 0.25) is 0 Å². The summed E-state index contributed by atoms with van der Waals surface area (Å²) in [5, 5.41) is 21.4. The summed E-state index contributed by atoms with van der Waals surface area (Å²) in [6.45, 7) is 5.25. The van der Waals surface area contributed by atoms with Crippen LogP contribution >= 0.6 is 0 Å². The molecular formula is C16H19N3O5. The monoisotopic (exact) mass is 333 g/mol. The molecule has 1 amide bonds. The number of hydrogen-bond acceptors (Lipinski definition) is 5. The molecule has 0 aliphatic rings. The zero-order chi connectivity index (χ0) is 18.2. The SMILES string of the molecule is Cn1c(=O)c(C(=O)NCC(=O)O)c(O)c2cc(C(C)(C)C)cnc21. The van der Waals surface area contributed by atoms with Crippen LogP contribution in [0, 0.1) is 0 Å². The van der Waals surface area contributed by atoms with E-state index in [1.165, 1.54) is 7.05 Å². The Morgan fingerprint density at radius 2 is 1.96 bits per heavy atom. The first kappa shape index (κ1) is 17.5. The first-order valence-electron chi connectivity index (χ1n) is 7.26. The summed E-state index contributed by atoms with van der Waals surface area (Å²) in [4.78, 5) is 39.2. The zero-order valence-electron chi connectivity index (χ0n) is 13.9. The maximum absolute atomic E-state index is 12.3. The third-order valence-electron chi connectivity index (χ3n) is 3.69. The first-order chi connectivity index (χ1) is 11.0. The number of aliphatic carboxylic acids is 1. The highest BCUT2D eigenvalue weighted by molar-refractivity contribution is 6.02. The number of aryl methyl sites for hydroxylation is 1. The molecule has 0 radical (unpaired) electrons. The Labute approximate surface area is 137 Å². The molecule has 0 saturated heterocycles. The van der Waals surface area contributed by atoms with E-state index in [4.69, 9.17) is 5.11 Å². The van der Waals surface area contributed by atoms with Gasteiger partial charge in [-0.1, -0.05) is 20.8 Å². The van der Waals surface area contributed by atoms with Gasteiger partial charge in [-0.05, 0) is 17.0 Å². The minimum absolute atomic E-state index is 0.236. The molecule has 128 valence electrons. The molecule has 2 aromatic heterocycles. The molecule has 0 fully saturated rings. The predicted octanol–water partition coefficient (Wildman–Crippen LogP) is 0.751. The fourth-order valence-corrected chi connectivity index (χ4v) is 2.26. The van der Waals surface area contributed by atoms with Crippen LogP contribution in [0.1, 0.15) is 36.7 Å². The Balaban J connectivity index is 2.71. The van der Waals surface area contributed by atoms with Gasteiger partial charge in [-0.2, -0.15) is 0 Å². The molecule has 0 spiro atoms. The third kappa shape index (κ3) is 3.08. The van der Waals surface area contributed by atoms with Gasteiger partial charge in [0.15, 0.2) is 0 Å². The molecule has 8 nitrogen and oxygen atoms in total. The molecule has 0 aliphatic carbocycles. The number of aromatic nitrogens is 2. The summed E-state index contributed by atoms with van der Waals surface area (Å²) < 4.78 is 1.15. The minimum atomic E-state index is -1.25. The smallest absolute Gasteiger partial charge is 0.322 e. The van der Waals surface area contributed by atoms with Crippen molar-refractivity contribution in [3.8, 4) is 5.75 Å². The third-order valence-corrected chi connectivity index (χ3v) is 3.69. The highest BCUT2D eigenvalue weighted by atomic mass is 16.4. The number of carbonyl (C=O) groups excluding carboxylic acids is 1. The molecule has 24 heavy (non-hydrogen) atoms. The Hall–Kier alpha value is -2.90. The summed E-state index contributed by atoms with van der Waals surface area (Å²) in [5.41, 5.74) is -0.437. The van der Waals surface area contributed by atoms with Gasteiger partial charge in [0.05, 0.1) is 5.39 Å². The molecule has 0 aliphatic heterocycles. The lowest BCUT2D eigenvalue weighted by molar-refractivity contribution is -0.135. The second kappa shape index (κ2) is 5.95. The van der Waals surface area contributed by atoms with Crippen LogP contribution < -0.4 is 10.9 Å². The van der Waals surface area contributed by atoms with Gasteiger partial charge in [-0.25, -0.2) is 4.98 Å². The van der Waals surface area contributed by atoms with Crippen molar-refractivity contribution in [2.45, 2.75) is 26.2 Å². The number of fused-ring (bicyclic) bond motifs is 1. The highest BCUT2D eigenvalue weighted by Gasteiger charge is 2.24. The largest absolute Gasteiger partial charge is 0.506 e. The maximum Gasteiger partial charge on any atom is 0.322 e. The van der Waals surface area contributed by atoms with Crippen LogP contribution in [0.3, 0.4) is 0 Å². The van der Waals surface area contributed by atoms with Crippen molar-refractivity contribution < 1.29 is 19.8 Å². The second-order valence-electron chi connectivity index (χ2n) is 6.51. The van der Waals surface area contributed by atoms with Crippen molar-refractivity contribution in [3.63, 3.8) is 0 Å². The quantitative estimate of drug-likeness (QED) is 0.762. The van der Waals surface area contributed by atoms with Gasteiger partial charge in [-0.15, -0.1) is 0 Å². The standard InChI is InChI=1S/C16H19N3O5/c1-16(2,3)8-5-9-12(22)11(14(23)18-7-10(20)21)15(24)19(4)13(9)17-6-8/h5-6,22H,7H2,1-4H3,(H,18,23)(H,20,21). The number of carbonyl (C=O) groups is 2. The molecule has 0 saturated carbocycles. The lowest BCUT2D eigenvalue weighted by Gasteiger charge is -2.20. The molecule has 8 heteroatoms. The fraction of sp³-hybridized carbons (Fsp3) is 0.375. The van der Waals surface area contributed by atoms with Gasteiger partial charge in [0.1, 0.15) is 23.5 Å². The number of rotatable bonds is 3. The number of nitrogens with zero attached hydrogens (tertiary/aromatic N) is 2. The van der Waals surface area contributed by atoms with Crippen LogP contribution in [-0.2, 0) is 17.3 Å². The van der Waals surface area contributed by atoms with Crippen LogP contribution in [-0.4, -0.2) is 38.2 Å². The Morgan fingerprint density at radius 3 is 2.50 bits per heavy atom. The average molecular weight is 333 g/mol. The summed E-state index contributed by atoms with van der Waals surface area (Å²) in [7, 11) is 1.43. The van der Waals surface area contributed by atoms with Gasteiger partial charge in [0.25, 0.3) is 11.5 Å². The highest BCUT2D eigenvalue weighted by Crippen LogP contribution is 2.29. The second-order valence-corrected chi connectivity index (χ2v) is 6.51. The van der Waals surface area contributed by atoms with Gasteiger partial charge < -0.3 is 15.5 Å². The topological polar surface area (TPSA) is 122 Å². The molecule has 0 aromatic carbocycles. The molecule has 0 unspecified atom stereocenters. The number of pyridine rings is 2. The van der Waals surface area contributed by atoms with E-state index < -0.39 is 35.3 Å². The van der Waals surface area contributed by atoms with Crippen molar-refractivity contribution in [2.75, 3.05) is 6.54 Å². The summed E-state index contributed by atoms with van der Waals surface area (Å²) in [5.74, 6) is -2.70. The van der Waals surface area contributed by atoms with Gasteiger partial charge >= 0.3 is 5.97 Å². The van der Waals surface area contributed by atoms with E-state index in [-0.39, 0.29) is 16.4 Å². The first-order valence-corrected chi connectivity index (χ1v) is 7.26. The summed E-state index contributed by atoms with van der Waals surface area (Å²) in [6.07, 6.45) is 1.62. The van der Waals surface area contributed by atoms with Crippen LogP contribution in [0.4, 0.5) is 0 Å². The number of aromatic hydroxyl groups is 1. The molecule has 2 aromatic rings. The summed E-state index contributed by atoms with van der Waals surface area (Å²) in [6, 6.07) is 1.67. The average Bonchev–Trinajstić information content (AvgIpc) is 2.49. The van der Waals surface area contributed by atoms with E-state index in [1.54, 1.807) is 12.3 Å². The number of hydrogen-bond donors (Lipinski definition) is 3. The molecule has 0 bridgehead atoms. The van der Waals surface area contributed by atoms with Crippen molar-refractivity contribution in [1.82, 2.24) is 14.9 Å². The minimum Gasteiger partial charge on any atom is -0.506 e. The zero-order valence-corrected chi connectivity index (χ0v) is 13.9. The molecule has 3 N–H and O–H groups in total. The normalized spacial score (nSPS) is 11.5. The van der Waals surface area contributed by atoms with Gasteiger partial charge in [0, 0.05) is 13.2 Å². The lowest BCUT2D eigenvalue weighted by atomic mass is 9.87. The van der Waals surface area contributed by atoms with Crippen LogP contribution in [0.5, 0.6) is 5.75 Å². The predicted molar refractivity (Wildman–Crippen MR) is 87.3 cm³/mol. The molecule has 0 atom stereocenters. The number of carboxylic acid groups (broad SMARTS) is 1. The Morgan fingerprint density at radius 1 is 1.33 bits per heavy atom. The van der Waals surface area contributed by atoms with E-state index in [9.17, 15) is 19.5 Å². The van der Waals surface area contributed by atoms with Crippen LogP contribution in [0.15, 0.2) is 17.1 Å². The van der Waals surface area contributed by atoms with Crippen molar-refractivity contribution in [2.24, 2.45) is 7.05 Å². The fourth-order valence-electron chi connectivity index (χ4n) is 2.26. The lowest BCUT2D eigenvalue weighted by Crippen LogP contribution is -2.35. The van der Waals surface area contributed by atoms with E-state index in [0.29, 0.717) is 0 Å². The van der Waals surface area contributed by atoms with Crippen molar-refractivity contribution in [3.05, 3.63) is 33.7 Å². The number of amides is 1. The molecule has 2 heterocycles. The Bertz CT molecular complexity index is 893. The van der Waals surface area contributed by atoms with E-state index >= 15 is 0 Å². The number of nitrogens with one attached hydrogen (secondary N) is 1. The molecule has 2 rings (SSSR count). The Kier molecular flexibility index (Phi) is 4.33. The van der Waals surface area contributed by atoms with Crippen molar-refractivity contribution >= 4 is 22.9 Å². The van der Waals surface area contributed by atoms with E-state index in [2.05, 4.69) is 10.3 Å². The van der Waals surface area contributed by atoms with E-state index in [0.717, 1.165) is 10.1 Å².